The zero-order valence-corrected chi connectivity index (χ0v) is 8.92. The van der Waals surface area contributed by atoms with E-state index >= 15 is 0 Å². The van der Waals surface area contributed by atoms with Crippen molar-refractivity contribution in [2.24, 2.45) is 11.8 Å². The van der Waals surface area contributed by atoms with Crippen molar-refractivity contribution in [1.29, 1.82) is 0 Å². The molecule has 2 heteroatoms. The monoisotopic (exact) mass is 185 g/mol. The van der Waals surface area contributed by atoms with Gasteiger partial charge in [0.1, 0.15) is 0 Å². The van der Waals surface area contributed by atoms with Crippen LogP contribution in [0.3, 0.4) is 0 Å². The van der Waals surface area contributed by atoms with Gasteiger partial charge in [0.05, 0.1) is 0 Å². The summed E-state index contributed by atoms with van der Waals surface area (Å²) in [7, 11) is 0. The highest BCUT2D eigenvalue weighted by atomic mass is 16.3. The summed E-state index contributed by atoms with van der Waals surface area (Å²) >= 11 is 0. The molecule has 1 aliphatic carbocycles. The molecule has 1 aliphatic rings. The Morgan fingerprint density at radius 1 is 1.31 bits per heavy atom. The van der Waals surface area contributed by atoms with E-state index < -0.39 is 0 Å². The zero-order valence-electron chi connectivity index (χ0n) is 8.92. The van der Waals surface area contributed by atoms with Gasteiger partial charge in [-0.1, -0.05) is 26.7 Å². The minimum absolute atomic E-state index is 0.317. The third kappa shape index (κ3) is 3.65. The van der Waals surface area contributed by atoms with Crippen LogP contribution in [-0.2, 0) is 0 Å². The van der Waals surface area contributed by atoms with Crippen LogP contribution in [0.1, 0.15) is 39.5 Å². The van der Waals surface area contributed by atoms with E-state index in [9.17, 15) is 0 Å². The molecule has 0 aliphatic heterocycles. The summed E-state index contributed by atoms with van der Waals surface area (Å²) in [6.45, 7) is 5.66. The summed E-state index contributed by atoms with van der Waals surface area (Å²) in [6.07, 6.45) is 5.42. The second-order valence-electron chi connectivity index (χ2n) is 4.58. The van der Waals surface area contributed by atoms with Crippen LogP contribution in [0.2, 0.25) is 0 Å². The van der Waals surface area contributed by atoms with E-state index in [1.54, 1.807) is 0 Å². The van der Waals surface area contributed by atoms with Crippen LogP contribution >= 0.6 is 0 Å². The maximum Gasteiger partial charge on any atom is 0.0473 e. The fourth-order valence-corrected chi connectivity index (χ4v) is 1.96. The maximum atomic E-state index is 9.13. The number of nitrogens with one attached hydrogen (secondary N) is 1. The number of hydrogen-bond donors (Lipinski definition) is 2. The molecular formula is C11H23NO. The highest BCUT2D eigenvalue weighted by Crippen LogP contribution is 2.18. The first-order chi connectivity index (χ1) is 6.24. The molecule has 1 saturated carbocycles. The van der Waals surface area contributed by atoms with E-state index in [2.05, 4.69) is 19.2 Å². The van der Waals surface area contributed by atoms with Gasteiger partial charge in [0.25, 0.3) is 0 Å². The molecule has 0 spiro atoms. The second-order valence-corrected chi connectivity index (χ2v) is 4.58. The lowest BCUT2D eigenvalue weighted by Gasteiger charge is -2.21. The topological polar surface area (TPSA) is 32.3 Å². The van der Waals surface area contributed by atoms with Crippen molar-refractivity contribution in [2.45, 2.75) is 45.6 Å². The number of aliphatic hydroxyl groups is 1. The Kier molecular flexibility index (Phi) is 4.74. The van der Waals surface area contributed by atoms with Crippen molar-refractivity contribution in [3.63, 3.8) is 0 Å². The number of hydrogen-bond acceptors (Lipinski definition) is 2. The van der Waals surface area contributed by atoms with Crippen LogP contribution in [0.5, 0.6) is 0 Å². The number of rotatable bonds is 5. The van der Waals surface area contributed by atoms with Gasteiger partial charge >= 0.3 is 0 Å². The third-order valence-electron chi connectivity index (χ3n) is 3.20. The Morgan fingerprint density at radius 2 is 1.92 bits per heavy atom. The zero-order chi connectivity index (χ0) is 9.68. The summed E-state index contributed by atoms with van der Waals surface area (Å²) < 4.78 is 0. The van der Waals surface area contributed by atoms with Crippen LogP contribution in [0.4, 0.5) is 0 Å². The highest BCUT2D eigenvalue weighted by Gasteiger charge is 2.17. The SMILES string of the molecule is CC(C)C(CO)CNC1CCCC1. The lowest BCUT2D eigenvalue weighted by Crippen LogP contribution is -2.34. The first kappa shape index (κ1) is 11.0. The maximum absolute atomic E-state index is 9.13. The van der Waals surface area contributed by atoms with Crippen molar-refractivity contribution < 1.29 is 5.11 Å². The summed E-state index contributed by atoms with van der Waals surface area (Å²) in [5, 5.41) is 12.7. The average molecular weight is 185 g/mol. The molecule has 2 nitrogen and oxygen atoms in total. The van der Waals surface area contributed by atoms with E-state index in [0.29, 0.717) is 18.4 Å². The molecule has 0 bridgehead atoms. The van der Waals surface area contributed by atoms with E-state index in [-0.39, 0.29) is 0 Å². The number of aliphatic hydroxyl groups excluding tert-OH is 1. The minimum atomic E-state index is 0.317. The average Bonchev–Trinajstić information content (AvgIpc) is 2.57. The second kappa shape index (κ2) is 5.61. The van der Waals surface area contributed by atoms with Gasteiger partial charge in [-0.25, -0.2) is 0 Å². The molecule has 0 saturated heterocycles. The van der Waals surface area contributed by atoms with Crippen LogP contribution in [0, 0.1) is 11.8 Å². The molecule has 1 atom stereocenters. The molecule has 1 unspecified atom stereocenters. The summed E-state index contributed by atoms with van der Waals surface area (Å²) in [5.41, 5.74) is 0. The minimum Gasteiger partial charge on any atom is -0.396 e. The quantitative estimate of drug-likeness (QED) is 0.684. The van der Waals surface area contributed by atoms with E-state index in [1.807, 2.05) is 0 Å². The molecule has 13 heavy (non-hydrogen) atoms. The van der Waals surface area contributed by atoms with Crippen molar-refractivity contribution in [3.05, 3.63) is 0 Å². The smallest absolute Gasteiger partial charge is 0.0473 e. The molecule has 0 radical (unpaired) electrons. The van der Waals surface area contributed by atoms with E-state index in [4.69, 9.17) is 5.11 Å². The van der Waals surface area contributed by atoms with Crippen LogP contribution in [-0.4, -0.2) is 24.3 Å². The fourth-order valence-electron chi connectivity index (χ4n) is 1.96. The van der Waals surface area contributed by atoms with E-state index in [0.717, 1.165) is 12.6 Å². The largest absolute Gasteiger partial charge is 0.396 e. The van der Waals surface area contributed by atoms with Gasteiger partial charge in [-0.15, -0.1) is 0 Å². The van der Waals surface area contributed by atoms with Gasteiger partial charge in [0.15, 0.2) is 0 Å². The summed E-state index contributed by atoms with van der Waals surface area (Å²) in [6, 6.07) is 0.729. The fraction of sp³-hybridized carbons (Fsp3) is 1.00. The van der Waals surface area contributed by atoms with Crippen molar-refractivity contribution in [2.75, 3.05) is 13.2 Å². The predicted octanol–water partition coefficient (Wildman–Crippen LogP) is 1.78. The molecule has 0 aromatic heterocycles. The van der Waals surface area contributed by atoms with E-state index in [1.165, 1.54) is 25.7 Å². The molecule has 0 heterocycles. The Balaban J connectivity index is 2.15. The summed E-state index contributed by atoms with van der Waals surface area (Å²) in [5.74, 6) is 1.01. The molecule has 1 fully saturated rings. The van der Waals surface area contributed by atoms with Crippen molar-refractivity contribution >= 4 is 0 Å². The van der Waals surface area contributed by atoms with Crippen LogP contribution < -0.4 is 5.32 Å². The Labute approximate surface area is 81.7 Å². The normalized spacial score (nSPS) is 21.2. The molecule has 0 aromatic carbocycles. The van der Waals surface area contributed by atoms with Gasteiger partial charge in [0.2, 0.25) is 0 Å². The van der Waals surface area contributed by atoms with Crippen LogP contribution in [0.25, 0.3) is 0 Å². The lowest BCUT2D eigenvalue weighted by atomic mass is 9.96. The molecule has 78 valence electrons. The molecular weight excluding hydrogens is 162 g/mol. The van der Waals surface area contributed by atoms with Gasteiger partial charge in [-0.3, -0.25) is 0 Å². The Morgan fingerprint density at radius 3 is 2.38 bits per heavy atom. The third-order valence-corrected chi connectivity index (χ3v) is 3.20. The first-order valence-electron chi connectivity index (χ1n) is 5.58. The Bertz CT molecular complexity index is 130. The lowest BCUT2D eigenvalue weighted by molar-refractivity contribution is 0.182. The first-order valence-corrected chi connectivity index (χ1v) is 5.58. The van der Waals surface area contributed by atoms with Gasteiger partial charge in [-0.2, -0.15) is 0 Å². The van der Waals surface area contributed by atoms with Gasteiger partial charge in [-0.05, 0) is 24.7 Å². The standard InChI is InChI=1S/C11H23NO/c1-9(2)10(8-13)7-12-11-5-3-4-6-11/h9-13H,3-8H2,1-2H3. The van der Waals surface area contributed by atoms with Crippen LogP contribution in [0.15, 0.2) is 0 Å². The molecule has 2 N–H and O–H groups in total. The Hall–Kier alpha value is -0.0800. The predicted molar refractivity (Wildman–Crippen MR) is 55.7 cm³/mol. The van der Waals surface area contributed by atoms with Gasteiger partial charge in [0, 0.05) is 19.2 Å². The molecule has 0 amide bonds. The van der Waals surface area contributed by atoms with Gasteiger partial charge < -0.3 is 10.4 Å². The molecule has 0 aromatic rings. The summed E-state index contributed by atoms with van der Waals surface area (Å²) in [4.78, 5) is 0. The van der Waals surface area contributed by atoms with Crippen molar-refractivity contribution in [3.8, 4) is 0 Å². The van der Waals surface area contributed by atoms with Crippen molar-refractivity contribution in [1.82, 2.24) is 5.32 Å². The molecule has 1 rings (SSSR count). The highest BCUT2D eigenvalue weighted by molar-refractivity contribution is 4.75.